The molecule has 3 rings (SSSR count). The van der Waals surface area contributed by atoms with Crippen molar-refractivity contribution in [3.05, 3.63) is 70.1 Å². The molecule has 0 aliphatic carbocycles. The normalized spacial score (nSPS) is 24.5. The van der Waals surface area contributed by atoms with E-state index in [0.29, 0.717) is 23.9 Å². The largest absolute Gasteiger partial charge is 0.397 e. The van der Waals surface area contributed by atoms with E-state index in [4.69, 9.17) is 22.1 Å². The zero-order chi connectivity index (χ0) is 26.4. The Bertz CT molecular complexity index is 1040. The third-order valence-corrected chi connectivity index (χ3v) is 6.41. The van der Waals surface area contributed by atoms with E-state index < -0.39 is 70.5 Å². The highest BCUT2D eigenvalue weighted by atomic mass is 35.5. The maximum absolute atomic E-state index is 14.3. The molecular weight excluding hydrogens is 519 g/mol. The average molecular weight is 543 g/mol. The second-order valence-corrected chi connectivity index (χ2v) is 8.56. The minimum atomic E-state index is -1.67. The molecule has 0 spiro atoms. The zero-order valence-electron chi connectivity index (χ0n) is 18.5. The first-order valence-electron chi connectivity index (χ1n) is 10.3. The quantitative estimate of drug-likeness (QED) is 0.281. The number of rotatable bonds is 6. The molecule has 35 heavy (non-hydrogen) atoms. The molecule has 13 heteroatoms. The number of aliphatic hydroxyl groups is 3. The fourth-order valence-corrected chi connectivity index (χ4v) is 4.43. The highest BCUT2D eigenvalue weighted by Gasteiger charge is 2.44. The van der Waals surface area contributed by atoms with Crippen LogP contribution in [0.2, 0.25) is 5.02 Å². The summed E-state index contributed by atoms with van der Waals surface area (Å²) < 4.78 is 73.2. The van der Waals surface area contributed by atoms with Gasteiger partial charge in [0.05, 0.1) is 18.3 Å². The average Bonchev–Trinajstić information content (AvgIpc) is 2.84. The molecule has 0 bridgehead atoms. The van der Waals surface area contributed by atoms with E-state index in [1.54, 1.807) is 0 Å². The van der Waals surface area contributed by atoms with Gasteiger partial charge in [0.15, 0.2) is 23.3 Å². The van der Waals surface area contributed by atoms with Crippen LogP contribution < -0.4 is 11.1 Å². The molecule has 6 nitrogen and oxygen atoms in total. The molecule has 5 atom stereocenters. The summed E-state index contributed by atoms with van der Waals surface area (Å²) in [5, 5.41) is 32.4. The lowest BCUT2D eigenvalue weighted by Gasteiger charge is -2.42. The molecule has 1 heterocycles. The fraction of sp³-hybridized carbons (Fsp3) is 0.364. The predicted octanol–water partition coefficient (Wildman–Crippen LogP) is 3.51. The number of nitrogens with one attached hydrogen (secondary N) is 1. The van der Waals surface area contributed by atoms with Gasteiger partial charge < -0.3 is 31.1 Å². The van der Waals surface area contributed by atoms with Crippen LogP contribution in [-0.4, -0.2) is 51.7 Å². The van der Waals surface area contributed by atoms with Gasteiger partial charge in [-0.15, -0.1) is 0 Å². The first-order valence-corrected chi connectivity index (χ1v) is 11.6. The van der Waals surface area contributed by atoms with Gasteiger partial charge >= 0.3 is 0 Å². The number of thioether (sulfide) groups is 1. The molecular formula is C22H24ClF5N2O4S. The molecule has 1 fully saturated rings. The molecule has 1 saturated heterocycles. The highest BCUT2D eigenvalue weighted by molar-refractivity contribution is 7.99. The molecule has 5 unspecified atom stereocenters. The number of hydrogen-bond acceptors (Lipinski definition) is 7. The first-order chi connectivity index (χ1) is 16.5. The Hall–Kier alpha value is -2.09. The van der Waals surface area contributed by atoms with Crippen LogP contribution in [0, 0.1) is 29.1 Å². The van der Waals surface area contributed by atoms with Crippen molar-refractivity contribution in [2.75, 3.05) is 6.61 Å². The van der Waals surface area contributed by atoms with Gasteiger partial charge in [0, 0.05) is 16.7 Å². The van der Waals surface area contributed by atoms with Crippen LogP contribution in [0.1, 0.15) is 19.4 Å². The topological polar surface area (TPSA) is 108 Å². The maximum atomic E-state index is 14.3. The van der Waals surface area contributed by atoms with E-state index >= 15 is 0 Å². The number of benzene rings is 2. The molecule has 6 N–H and O–H groups in total. The Labute approximate surface area is 207 Å². The van der Waals surface area contributed by atoms with Crippen molar-refractivity contribution in [2.45, 2.75) is 48.5 Å². The minimum absolute atomic E-state index is 0.162. The molecule has 0 amide bonds. The Morgan fingerprint density at radius 2 is 1.66 bits per heavy atom. The lowest BCUT2D eigenvalue weighted by Crippen LogP contribution is -2.62. The second kappa shape index (κ2) is 12.7. The summed E-state index contributed by atoms with van der Waals surface area (Å²) in [4.78, 5) is -0.162. The maximum Gasteiger partial charge on any atom is 0.194 e. The number of halogens is 6. The van der Waals surface area contributed by atoms with Crippen LogP contribution in [0.25, 0.3) is 5.70 Å². The summed E-state index contributed by atoms with van der Waals surface area (Å²) in [5.41, 5.74) is 4.02. The third kappa shape index (κ3) is 6.57. The summed E-state index contributed by atoms with van der Waals surface area (Å²) in [6.07, 6.45) is -3.24. The molecule has 1 aliphatic heterocycles. The van der Waals surface area contributed by atoms with E-state index in [9.17, 15) is 37.3 Å². The van der Waals surface area contributed by atoms with Crippen LogP contribution in [-0.2, 0) is 4.74 Å². The van der Waals surface area contributed by atoms with Crippen molar-refractivity contribution in [1.82, 2.24) is 5.32 Å². The second-order valence-electron chi connectivity index (χ2n) is 7.04. The van der Waals surface area contributed by atoms with Gasteiger partial charge in [-0.05, 0) is 24.3 Å². The summed E-state index contributed by atoms with van der Waals surface area (Å²) in [6, 6.07) is 2.05. The Kier molecular flexibility index (Phi) is 10.6. The number of hydrogen-bond donors (Lipinski definition) is 5. The highest BCUT2D eigenvalue weighted by Crippen LogP contribution is 2.37. The van der Waals surface area contributed by atoms with E-state index in [-0.39, 0.29) is 16.2 Å². The van der Waals surface area contributed by atoms with Crippen molar-refractivity contribution >= 4 is 29.1 Å². The summed E-state index contributed by atoms with van der Waals surface area (Å²) in [5.74, 6) is -6.68. The molecule has 1 aliphatic rings. The van der Waals surface area contributed by atoms with E-state index in [0.717, 1.165) is 18.3 Å². The van der Waals surface area contributed by atoms with Crippen LogP contribution in [0.4, 0.5) is 22.0 Å². The number of aliphatic hydroxyl groups excluding tert-OH is 3. The van der Waals surface area contributed by atoms with Crippen molar-refractivity contribution in [2.24, 2.45) is 5.73 Å². The molecule has 0 saturated carbocycles. The standard InChI is InChI=1S/C20H18ClF5N2O4S.C2H6/c21-14-8(22)1-2-13(16(14)26)33-20-19(31)17(18(30)12(6-29)32-20)28-5-11(27)7-3-9(23)15(25)10(24)4-7;1-2/h1-5,12,17-20,28-31H,6,27H2;1-2H3/b11-5-;. The van der Waals surface area contributed by atoms with Crippen molar-refractivity contribution in [3.8, 4) is 0 Å². The van der Waals surface area contributed by atoms with Crippen molar-refractivity contribution in [3.63, 3.8) is 0 Å². The molecule has 194 valence electrons. The van der Waals surface area contributed by atoms with E-state index in [1.807, 2.05) is 13.8 Å². The summed E-state index contributed by atoms with van der Waals surface area (Å²) >= 11 is 6.19. The lowest BCUT2D eigenvalue weighted by molar-refractivity contribution is -0.164. The molecule has 2 aromatic rings. The Balaban J connectivity index is 0.00000210. The summed E-state index contributed by atoms with van der Waals surface area (Å²) in [7, 11) is 0. The first kappa shape index (κ1) is 29.1. The van der Waals surface area contributed by atoms with Gasteiger partial charge in [0.1, 0.15) is 34.6 Å². The predicted molar refractivity (Wildman–Crippen MR) is 122 cm³/mol. The SMILES string of the molecule is CC.N/C(=C\NC1C(O)C(CO)OC(Sc2ccc(F)c(Cl)c2F)C1O)c1cc(F)c(F)c(F)c1. The van der Waals surface area contributed by atoms with Crippen LogP contribution in [0.5, 0.6) is 0 Å². The third-order valence-electron chi connectivity index (χ3n) is 4.88. The number of ether oxygens (including phenoxy) is 1. The van der Waals surface area contributed by atoms with Crippen molar-refractivity contribution < 1.29 is 42.0 Å². The van der Waals surface area contributed by atoms with Gasteiger partial charge in [-0.25, -0.2) is 22.0 Å². The van der Waals surface area contributed by atoms with Crippen LogP contribution in [0.15, 0.2) is 35.4 Å². The minimum Gasteiger partial charge on any atom is -0.397 e. The van der Waals surface area contributed by atoms with Crippen LogP contribution in [0.3, 0.4) is 0 Å². The van der Waals surface area contributed by atoms with Crippen molar-refractivity contribution in [1.29, 1.82) is 0 Å². The van der Waals surface area contributed by atoms with Crippen LogP contribution >= 0.6 is 23.4 Å². The zero-order valence-corrected chi connectivity index (χ0v) is 20.1. The van der Waals surface area contributed by atoms with E-state index in [2.05, 4.69) is 5.32 Å². The number of nitrogens with two attached hydrogens (primary N) is 1. The monoisotopic (exact) mass is 542 g/mol. The molecule has 0 radical (unpaired) electrons. The smallest absolute Gasteiger partial charge is 0.194 e. The van der Waals surface area contributed by atoms with Gasteiger partial charge in [0.25, 0.3) is 0 Å². The van der Waals surface area contributed by atoms with E-state index in [1.165, 1.54) is 0 Å². The lowest BCUT2D eigenvalue weighted by atomic mass is 9.97. The summed E-state index contributed by atoms with van der Waals surface area (Å²) in [6.45, 7) is 3.32. The van der Waals surface area contributed by atoms with Gasteiger partial charge in [-0.2, -0.15) is 0 Å². The fourth-order valence-electron chi connectivity index (χ4n) is 3.10. The molecule has 0 aromatic heterocycles. The molecule has 2 aromatic carbocycles. The Morgan fingerprint density at radius 1 is 1.06 bits per heavy atom. The Morgan fingerprint density at radius 3 is 2.23 bits per heavy atom. The van der Waals surface area contributed by atoms with Gasteiger partial charge in [0.2, 0.25) is 0 Å². The van der Waals surface area contributed by atoms with Gasteiger partial charge in [-0.3, -0.25) is 0 Å². The van der Waals surface area contributed by atoms with Gasteiger partial charge in [-0.1, -0.05) is 37.2 Å².